The first-order valence-electron chi connectivity index (χ1n) is 7.34. The van der Waals surface area contributed by atoms with E-state index in [9.17, 15) is 0 Å². The molecular formula is C15H35IN4S. The van der Waals surface area contributed by atoms with Crippen molar-refractivity contribution < 1.29 is 0 Å². The van der Waals surface area contributed by atoms with E-state index in [4.69, 9.17) is 4.99 Å². The van der Waals surface area contributed by atoms with Crippen molar-refractivity contribution in [3.63, 3.8) is 0 Å². The van der Waals surface area contributed by atoms with Gasteiger partial charge in [0.1, 0.15) is 0 Å². The van der Waals surface area contributed by atoms with Crippen LogP contribution in [0.1, 0.15) is 34.6 Å². The van der Waals surface area contributed by atoms with Crippen LogP contribution in [0.2, 0.25) is 0 Å². The summed E-state index contributed by atoms with van der Waals surface area (Å²) in [5, 5.41) is 6.76. The molecule has 128 valence electrons. The third-order valence-electron chi connectivity index (χ3n) is 2.99. The monoisotopic (exact) mass is 430 g/mol. The fourth-order valence-electron chi connectivity index (χ4n) is 1.91. The third-order valence-corrected chi connectivity index (χ3v) is 4.24. The van der Waals surface area contributed by atoms with Gasteiger partial charge in [0.15, 0.2) is 5.96 Å². The molecule has 0 aromatic heterocycles. The van der Waals surface area contributed by atoms with Crippen molar-refractivity contribution >= 4 is 41.7 Å². The molecule has 0 radical (unpaired) electrons. The summed E-state index contributed by atoms with van der Waals surface area (Å²) in [6.07, 6.45) is 2.14. The lowest BCUT2D eigenvalue weighted by molar-refractivity contribution is 0.248. The smallest absolute Gasteiger partial charge is 0.191 e. The summed E-state index contributed by atoms with van der Waals surface area (Å²) < 4.78 is 0.218. The number of hydrogen-bond donors (Lipinski definition) is 2. The number of nitrogens with one attached hydrogen (secondary N) is 2. The Kier molecular flexibility index (Phi) is 12.3. The highest BCUT2D eigenvalue weighted by Crippen LogP contribution is 2.19. The quantitative estimate of drug-likeness (QED) is 0.353. The Morgan fingerprint density at radius 1 is 1.14 bits per heavy atom. The molecule has 0 heterocycles. The van der Waals surface area contributed by atoms with Crippen LogP contribution in [0.15, 0.2) is 4.99 Å². The largest absolute Gasteiger partial charge is 0.357 e. The van der Waals surface area contributed by atoms with E-state index >= 15 is 0 Å². The van der Waals surface area contributed by atoms with E-state index in [0.29, 0.717) is 0 Å². The van der Waals surface area contributed by atoms with Gasteiger partial charge < -0.3 is 15.5 Å². The third kappa shape index (κ3) is 12.5. The van der Waals surface area contributed by atoms with Gasteiger partial charge in [-0.15, -0.1) is 24.0 Å². The van der Waals surface area contributed by atoms with Gasteiger partial charge in [-0.3, -0.25) is 4.99 Å². The van der Waals surface area contributed by atoms with Crippen molar-refractivity contribution in [2.75, 3.05) is 46.5 Å². The second-order valence-electron chi connectivity index (χ2n) is 6.91. The molecule has 0 spiro atoms. The average Bonchev–Trinajstić information content (AvgIpc) is 2.31. The van der Waals surface area contributed by atoms with E-state index in [2.05, 4.69) is 70.5 Å². The molecule has 0 saturated carbocycles. The molecule has 0 aromatic rings. The first kappa shape index (κ1) is 23.6. The molecule has 0 unspecified atom stereocenters. The van der Waals surface area contributed by atoms with Gasteiger partial charge in [0.25, 0.3) is 0 Å². The van der Waals surface area contributed by atoms with Crippen LogP contribution in [0.5, 0.6) is 0 Å². The summed E-state index contributed by atoms with van der Waals surface area (Å²) in [7, 11) is 4.21. The highest BCUT2D eigenvalue weighted by atomic mass is 127. The van der Waals surface area contributed by atoms with Crippen LogP contribution < -0.4 is 10.6 Å². The van der Waals surface area contributed by atoms with E-state index < -0.39 is 0 Å². The Balaban J connectivity index is 0. The van der Waals surface area contributed by atoms with Crippen LogP contribution in [0, 0.1) is 5.41 Å². The number of guanidine groups is 1. The number of aliphatic imine (C=N–C) groups is 1. The van der Waals surface area contributed by atoms with Crippen molar-refractivity contribution in [1.82, 2.24) is 15.5 Å². The van der Waals surface area contributed by atoms with Gasteiger partial charge >= 0.3 is 0 Å². The van der Waals surface area contributed by atoms with Crippen LogP contribution in [0.25, 0.3) is 0 Å². The first-order valence-corrected chi connectivity index (χ1v) is 8.56. The van der Waals surface area contributed by atoms with Gasteiger partial charge in [-0.1, -0.05) is 13.8 Å². The standard InChI is InChI=1S/C15H34N4S.HI/c1-9-16-13(18-11-15(4,5)20-8)17-10-14(2,3)12-19(6)7;/h9-12H2,1-8H3,(H2,16,17,18);1H. The maximum atomic E-state index is 4.73. The molecule has 4 nitrogen and oxygen atoms in total. The molecule has 0 bridgehead atoms. The lowest BCUT2D eigenvalue weighted by Gasteiger charge is -2.27. The SMILES string of the molecule is CCNC(=NCC(C)(C)CN(C)C)NCC(C)(C)SC.I. The normalized spacial score (nSPS) is 13.1. The van der Waals surface area contributed by atoms with Gasteiger partial charge in [-0.2, -0.15) is 11.8 Å². The van der Waals surface area contributed by atoms with Crippen molar-refractivity contribution in [3.05, 3.63) is 0 Å². The molecule has 0 aromatic carbocycles. The first-order chi connectivity index (χ1) is 9.12. The van der Waals surface area contributed by atoms with Crippen molar-refractivity contribution in [1.29, 1.82) is 0 Å². The van der Waals surface area contributed by atoms with Crippen molar-refractivity contribution in [3.8, 4) is 0 Å². The van der Waals surface area contributed by atoms with E-state index in [-0.39, 0.29) is 34.1 Å². The summed E-state index contributed by atoms with van der Waals surface area (Å²) >= 11 is 1.87. The fraction of sp³-hybridized carbons (Fsp3) is 0.933. The molecule has 0 aliphatic carbocycles. The number of rotatable bonds is 8. The highest BCUT2D eigenvalue weighted by Gasteiger charge is 2.19. The molecule has 2 N–H and O–H groups in total. The van der Waals surface area contributed by atoms with E-state index in [1.54, 1.807) is 0 Å². The molecule has 0 aliphatic heterocycles. The zero-order valence-corrected chi connectivity index (χ0v) is 18.2. The predicted molar refractivity (Wildman–Crippen MR) is 109 cm³/mol. The van der Waals surface area contributed by atoms with Gasteiger partial charge in [-0.05, 0) is 46.5 Å². The summed E-state index contributed by atoms with van der Waals surface area (Å²) in [5.41, 5.74) is 0.181. The van der Waals surface area contributed by atoms with Crippen LogP contribution >= 0.6 is 35.7 Å². The molecule has 21 heavy (non-hydrogen) atoms. The Morgan fingerprint density at radius 3 is 2.14 bits per heavy atom. The summed E-state index contributed by atoms with van der Waals surface area (Å²) in [4.78, 5) is 6.95. The molecule has 0 atom stereocenters. The number of halogens is 1. The minimum atomic E-state index is 0. The van der Waals surface area contributed by atoms with Gasteiger partial charge in [0.05, 0.1) is 0 Å². The highest BCUT2D eigenvalue weighted by molar-refractivity contribution is 14.0. The lowest BCUT2D eigenvalue weighted by Crippen LogP contribution is -2.44. The summed E-state index contributed by atoms with van der Waals surface area (Å²) in [6.45, 7) is 14.7. The molecule has 0 rings (SSSR count). The zero-order chi connectivity index (χ0) is 15.8. The van der Waals surface area contributed by atoms with Gasteiger partial charge in [0.2, 0.25) is 0 Å². The number of nitrogens with zero attached hydrogens (tertiary/aromatic N) is 2. The average molecular weight is 430 g/mol. The molecule has 0 amide bonds. The Morgan fingerprint density at radius 2 is 1.71 bits per heavy atom. The Labute approximate surface area is 153 Å². The Bertz CT molecular complexity index is 304. The van der Waals surface area contributed by atoms with Crippen LogP contribution in [-0.2, 0) is 0 Å². The van der Waals surface area contributed by atoms with E-state index in [0.717, 1.165) is 32.1 Å². The zero-order valence-electron chi connectivity index (χ0n) is 15.0. The minimum absolute atomic E-state index is 0. The lowest BCUT2D eigenvalue weighted by atomic mass is 9.93. The molecule has 6 heteroatoms. The summed E-state index contributed by atoms with van der Waals surface area (Å²) in [6, 6.07) is 0. The number of hydrogen-bond acceptors (Lipinski definition) is 3. The minimum Gasteiger partial charge on any atom is -0.357 e. The van der Waals surface area contributed by atoms with E-state index in [1.807, 2.05) is 11.8 Å². The topological polar surface area (TPSA) is 39.7 Å². The maximum absolute atomic E-state index is 4.73. The Hall–Kier alpha value is 0.310. The summed E-state index contributed by atoms with van der Waals surface area (Å²) in [5.74, 6) is 0.918. The second-order valence-corrected chi connectivity index (χ2v) is 8.43. The van der Waals surface area contributed by atoms with E-state index in [1.165, 1.54) is 0 Å². The van der Waals surface area contributed by atoms with Gasteiger partial charge in [0, 0.05) is 30.9 Å². The van der Waals surface area contributed by atoms with Crippen LogP contribution in [-0.4, -0.2) is 62.1 Å². The van der Waals surface area contributed by atoms with Crippen LogP contribution in [0.3, 0.4) is 0 Å². The number of thioether (sulfide) groups is 1. The van der Waals surface area contributed by atoms with Crippen molar-refractivity contribution in [2.45, 2.75) is 39.4 Å². The molecule has 0 aliphatic rings. The molecular weight excluding hydrogens is 395 g/mol. The maximum Gasteiger partial charge on any atom is 0.191 e. The predicted octanol–water partition coefficient (Wildman–Crippen LogP) is 2.89. The van der Waals surface area contributed by atoms with Crippen LogP contribution in [0.4, 0.5) is 0 Å². The molecule has 0 fully saturated rings. The van der Waals surface area contributed by atoms with Gasteiger partial charge in [-0.25, -0.2) is 0 Å². The fourth-order valence-corrected chi connectivity index (χ4v) is 2.13. The van der Waals surface area contributed by atoms with Crippen molar-refractivity contribution in [2.24, 2.45) is 10.4 Å². The molecule has 0 saturated heterocycles. The second kappa shape index (κ2) is 10.9.